The number of hydrogen-bond donors (Lipinski definition) is 6. The number of phenols is 1. The number of phenolic OH excluding ortho intramolecular Hbond substituents is 1. The molecule has 6 N–H and O–H groups in total. The molecule has 1 aromatic carbocycles. The molecule has 10 nitrogen and oxygen atoms in total. The molecule has 0 spiro atoms. The van der Waals surface area contributed by atoms with Crippen LogP contribution in [-0.4, -0.2) is 71.3 Å². The molecule has 37 heavy (non-hydrogen) atoms. The van der Waals surface area contributed by atoms with Crippen molar-refractivity contribution in [3.8, 4) is 16.3 Å². The molecule has 11 heteroatoms. The van der Waals surface area contributed by atoms with Crippen molar-refractivity contribution in [1.82, 2.24) is 19.9 Å². The summed E-state index contributed by atoms with van der Waals surface area (Å²) in [5.74, 6) is 0.719. The molecule has 0 bridgehead atoms. The van der Waals surface area contributed by atoms with Crippen LogP contribution >= 0.6 is 11.3 Å². The topological polar surface area (TPSA) is 157 Å². The number of aliphatic hydroxyl groups excluding tert-OH is 3. The van der Waals surface area contributed by atoms with E-state index in [9.17, 15) is 20.4 Å². The molecule has 3 heterocycles. The first-order valence-electron chi connectivity index (χ1n) is 12.2. The third-order valence-electron chi connectivity index (χ3n) is 6.71. The van der Waals surface area contributed by atoms with Crippen molar-refractivity contribution in [3.05, 3.63) is 54.0 Å². The minimum atomic E-state index is -1.05. The molecule has 5 rings (SSSR count). The fraction of sp³-hybridized carbons (Fsp3) is 0.385. The summed E-state index contributed by atoms with van der Waals surface area (Å²) in [7, 11) is 0. The second kappa shape index (κ2) is 10.5. The van der Waals surface area contributed by atoms with Crippen LogP contribution in [-0.2, 0) is 6.42 Å². The van der Waals surface area contributed by atoms with Gasteiger partial charge in [0.25, 0.3) is 0 Å². The van der Waals surface area contributed by atoms with Gasteiger partial charge < -0.3 is 31.1 Å². The predicted molar refractivity (Wildman–Crippen MR) is 143 cm³/mol. The lowest BCUT2D eigenvalue weighted by Gasteiger charge is -2.22. The monoisotopic (exact) mass is 522 g/mol. The molecule has 1 saturated carbocycles. The molecule has 194 valence electrons. The Bertz CT molecular complexity index is 1350. The van der Waals surface area contributed by atoms with Gasteiger partial charge in [0.2, 0.25) is 5.95 Å². The maximum Gasteiger partial charge on any atom is 0.225 e. The van der Waals surface area contributed by atoms with Gasteiger partial charge >= 0.3 is 0 Å². The van der Waals surface area contributed by atoms with Crippen LogP contribution < -0.4 is 10.6 Å². The standard InChI is InChI=1S/C26H30N6O4S/c1-13(9-15-3-5-17(34)6-4-15)28-26-29-14(2)21(25-31-19-11-27-8-7-20(19)37-25)24(32-26)30-18-10-16(12-33)22(35)23(18)36/h3-8,11,13,16,18,22-23,33-36H,9-10,12H2,1-2H3,(H2,28,29,30,32)/t13-,16-,18-,22-,23+/m1/s1. The van der Waals surface area contributed by atoms with Gasteiger partial charge in [-0.25, -0.2) is 9.97 Å². The second-order valence-corrected chi connectivity index (χ2v) is 10.6. The minimum absolute atomic E-state index is 0.00571. The zero-order chi connectivity index (χ0) is 26.1. The first-order valence-corrected chi connectivity index (χ1v) is 13.0. The summed E-state index contributed by atoms with van der Waals surface area (Å²) in [5, 5.41) is 47.5. The zero-order valence-electron chi connectivity index (χ0n) is 20.5. The number of rotatable bonds is 8. The third kappa shape index (κ3) is 5.35. The van der Waals surface area contributed by atoms with E-state index in [-0.39, 0.29) is 18.4 Å². The van der Waals surface area contributed by atoms with Crippen molar-refractivity contribution in [1.29, 1.82) is 0 Å². The second-order valence-electron chi connectivity index (χ2n) is 9.54. The molecule has 3 aromatic heterocycles. The fourth-order valence-corrected chi connectivity index (χ4v) is 5.80. The number of hydrogen-bond acceptors (Lipinski definition) is 11. The van der Waals surface area contributed by atoms with Gasteiger partial charge in [-0.1, -0.05) is 12.1 Å². The Labute approximate surface area is 218 Å². The summed E-state index contributed by atoms with van der Waals surface area (Å²) >= 11 is 1.50. The Morgan fingerprint density at radius 1 is 1.08 bits per heavy atom. The number of benzene rings is 1. The van der Waals surface area contributed by atoms with Crippen molar-refractivity contribution in [3.63, 3.8) is 0 Å². The molecule has 1 aliphatic rings. The molecule has 0 unspecified atom stereocenters. The van der Waals surface area contributed by atoms with E-state index < -0.39 is 24.2 Å². The van der Waals surface area contributed by atoms with E-state index >= 15 is 0 Å². The van der Waals surface area contributed by atoms with Crippen LogP contribution in [0.4, 0.5) is 11.8 Å². The lowest BCUT2D eigenvalue weighted by Crippen LogP contribution is -2.36. The first kappa shape index (κ1) is 25.3. The Morgan fingerprint density at radius 3 is 2.57 bits per heavy atom. The van der Waals surface area contributed by atoms with Crippen LogP contribution in [0.1, 0.15) is 24.6 Å². The van der Waals surface area contributed by atoms with Crippen LogP contribution in [0.25, 0.3) is 20.8 Å². The third-order valence-corrected chi connectivity index (χ3v) is 7.76. The Hall–Kier alpha value is -3.38. The van der Waals surface area contributed by atoms with E-state index in [4.69, 9.17) is 15.0 Å². The number of nitrogens with one attached hydrogen (secondary N) is 2. The van der Waals surface area contributed by atoms with Crippen LogP contribution in [0.2, 0.25) is 0 Å². The summed E-state index contributed by atoms with van der Waals surface area (Å²) in [6.07, 6.45) is 2.45. The van der Waals surface area contributed by atoms with Crippen molar-refractivity contribution >= 4 is 33.3 Å². The normalized spacial score (nSPS) is 22.3. The van der Waals surface area contributed by atoms with Gasteiger partial charge in [-0.15, -0.1) is 11.3 Å². The maximum absolute atomic E-state index is 10.6. The van der Waals surface area contributed by atoms with E-state index in [2.05, 4.69) is 15.6 Å². The van der Waals surface area contributed by atoms with E-state index in [0.29, 0.717) is 35.9 Å². The Kier molecular flexibility index (Phi) is 7.20. The molecule has 0 aliphatic heterocycles. The van der Waals surface area contributed by atoms with Crippen molar-refractivity contribution in [2.24, 2.45) is 5.92 Å². The lowest BCUT2D eigenvalue weighted by molar-refractivity contribution is 0.00446. The minimum Gasteiger partial charge on any atom is -0.508 e. The summed E-state index contributed by atoms with van der Waals surface area (Å²) in [4.78, 5) is 18.4. The van der Waals surface area contributed by atoms with Crippen LogP contribution in [0.15, 0.2) is 42.7 Å². The average Bonchev–Trinajstić information content (AvgIpc) is 3.41. The van der Waals surface area contributed by atoms with Gasteiger partial charge in [0, 0.05) is 24.8 Å². The number of aromatic hydroxyl groups is 1. The molecule has 0 radical (unpaired) electrons. The Morgan fingerprint density at radius 2 is 1.86 bits per heavy atom. The van der Waals surface area contributed by atoms with E-state index in [1.807, 2.05) is 32.0 Å². The number of thiazole rings is 1. The van der Waals surface area contributed by atoms with Gasteiger partial charge in [-0.2, -0.15) is 4.98 Å². The SMILES string of the molecule is Cc1nc(N[C@H](C)Cc2ccc(O)cc2)nc(N[C@@H]2C[C@H](CO)[C@@H](O)[C@H]2O)c1-c1nc2cnccc2s1. The highest BCUT2D eigenvalue weighted by Crippen LogP contribution is 2.38. The van der Waals surface area contributed by atoms with Gasteiger partial charge in [0.15, 0.2) is 0 Å². The van der Waals surface area contributed by atoms with Crippen LogP contribution in [0.5, 0.6) is 5.75 Å². The Balaban J connectivity index is 1.47. The van der Waals surface area contributed by atoms with Gasteiger partial charge in [-0.05, 0) is 50.5 Å². The fourth-order valence-electron chi connectivity index (χ4n) is 4.77. The average molecular weight is 523 g/mol. The summed E-state index contributed by atoms with van der Waals surface area (Å²) in [6.45, 7) is 3.70. The van der Waals surface area contributed by atoms with Crippen LogP contribution in [0, 0.1) is 12.8 Å². The quantitative estimate of drug-likeness (QED) is 0.203. The first-order chi connectivity index (χ1) is 17.8. The molecular formula is C26H30N6O4S. The molecule has 0 amide bonds. The number of pyridine rings is 1. The van der Waals surface area contributed by atoms with Gasteiger partial charge in [0.1, 0.15) is 28.2 Å². The predicted octanol–water partition coefficient (Wildman–Crippen LogP) is 2.72. The highest BCUT2D eigenvalue weighted by molar-refractivity contribution is 7.21. The summed E-state index contributed by atoms with van der Waals surface area (Å²) in [5.41, 5.74) is 3.25. The lowest BCUT2D eigenvalue weighted by atomic mass is 10.1. The molecular weight excluding hydrogens is 492 g/mol. The van der Waals surface area contributed by atoms with Crippen molar-refractivity contribution in [2.45, 2.75) is 51.0 Å². The summed E-state index contributed by atoms with van der Waals surface area (Å²) in [6, 6.07) is 8.47. The highest BCUT2D eigenvalue weighted by atomic mass is 32.1. The smallest absolute Gasteiger partial charge is 0.225 e. The molecule has 1 aliphatic carbocycles. The van der Waals surface area contributed by atoms with E-state index in [1.54, 1.807) is 24.5 Å². The number of aromatic nitrogens is 4. The van der Waals surface area contributed by atoms with Crippen molar-refractivity contribution in [2.75, 3.05) is 17.2 Å². The van der Waals surface area contributed by atoms with E-state index in [0.717, 1.165) is 20.8 Å². The number of anilines is 2. The molecule has 0 saturated heterocycles. The molecule has 5 atom stereocenters. The number of aryl methyl sites for hydroxylation is 1. The highest BCUT2D eigenvalue weighted by Gasteiger charge is 2.41. The van der Waals surface area contributed by atoms with Crippen molar-refractivity contribution < 1.29 is 20.4 Å². The molecule has 1 fully saturated rings. The van der Waals surface area contributed by atoms with E-state index in [1.165, 1.54) is 11.3 Å². The zero-order valence-corrected chi connectivity index (χ0v) is 21.4. The largest absolute Gasteiger partial charge is 0.508 e. The number of aliphatic hydroxyl groups is 3. The van der Waals surface area contributed by atoms with Gasteiger partial charge in [-0.3, -0.25) is 4.98 Å². The van der Waals surface area contributed by atoms with Crippen LogP contribution in [0.3, 0.4) is 0 Å². The summed E-state index contributed by atoms with van der Waals surface area (Å²) < 4.78 is 0.983. The van der Waals surface area contributed by atoms with Gasteiger partial charge in [0.05, 0.1) is 34.3 Å². The maximum atomic E-state index is 10.6. The number of nitrogens with zero attached hydrogens (tertiary/aromatic N) is 4. The number of fused-ring (bicyclic) bond motifs is 1. The molecule has 4 aromatic rings.